The molecule has 2 N–H and O–H groups in total. The van der Waals surface area contributed by atoms with E-state index in [9.17, 15) is 0 Å². The fourth-order valence-corrected chi connectivity index (χ4v) is 1.23. The second-order valence-electron chi connectivity index (χ2n) is 3.71. The zero-order chi connectivity index (χ0) is 11.3. The summed E-state index contributed by atoms with van der Waals surface area (Å²) in [5, 5.41) is 21.1. The molecule has 0 aliphatic carbocycles. The molecule has 0 spiro atoms. The van der Waals surface area contributed by atoms with E-state index >= 15 is 0 Å². The zero-order valence-corrected chi connectivity index (χ0v) is 8.94. The number of nitriles is 1. The lowest BCUT2D eigenvalue weighted by Crippen LogP contribution is -2.29. The van der Waals surface area contributed by atoms with Gasteiger partial charge in [0.25, 0.3) is 0 Å². The van der Waals surface area contributed by atoms with E-state index in [1.54, 1.807) is 18.5 Å². The van der Waals surface area contributed by atoms with E-state index < -0.39 is 0 Å². The zero-order valence-electron chi connectivity index (χ0n) is 8.94. The van der Waals surface area contributed by atoms with Gasteiger partial charge in [0.15, 0.2) is 0 Å². The van der Waals surface area contributed by atoms with Gasteiger partial charge in [0.2, 0.25) is 0 Å². The summed E-state index contributed by atoms with van der Waals surface area (Å²) in [6.07, 6.45) is 3.18. The summed E-state index contributed by atoms with van der Waals surface area (Å²) in [6.45, 7) is 4.06. The maximum Gasteiger partial charge on any atom is 0.101 e. The van der Waals surface area contributed by atoms with E-state index in [1.807, 2.05) is 13.8 Å². The van der Waals surface area contributed by atoms with Crippen LogP contribution in [0.5, 0.6) is 0 Å². The minimum Gasteiger partial charge on any atom is -0.394 e. The van der Waals surface area contributed by atoms with E-state index in [0.29, 0.717) is 17.2 Å². The fourth-order valence-electron chi connectivity index (χ4n) is 1.23. The quantitative estimate of drug-likeness (QED) is 0.779. The predicted molar refractivity (Wildman–Crippen MR) is 58.3 cm³/mol. The van der Waals surface area contributed by atoms with Crippen molar-refractivity contribution >= 4 is 5.69 Å². The highest BCUT2D eigenvalue weighted by Gasteiger charge is 2.13. The van der Waals surface area contributed by atoms with Crippen LogP contribution in [0.3, 0.4) is 0 Å². The Morgan fingerprint density at radius 3 is 2.87 bits per heavy atom. The van der Waals surface area contributed by atoms with Crippen molar-refractivity contribution in [2.24, 2.45) is 5.92 Å². The average molecular weight is 205 g/mol. The normalized spacial score (nSPS) is 12.2. The maximum atomic E-state index is 9.16. The molecule has 15 heavy (non-hydrogen) atoms. The van der Waals surface area contributed by atoms with Crippen LogP contribution in [0, 0.1) is 17.2 Å². The van der Waals surface area contributed by atoms with Gasteiger partial charge >= 0.3 is 0 Å². The van der Waals surface area contributed by atoms with Gasteiger partial charge in [0.05, 0.1) is 30.1 Å². The van der Waals surface area contributed by atoms with Crippen molar-refractivity contribution in [2.75, 3.05) is 11.9 Å². The molecule has 4 heteroatoms. The number of hydrogen-bond acceptors (Lipinski definition) is 4. The van der Waals surface area contributed by atoms with Crippen molar-refractivity contribution in [3.63, 3.8) is 0 Å². The molecule has 0 fully saturated rings. The Morgan fingerprint density at radius 2 is 2.33 bits per heavy atom. The van der Waals surface area contributed by atoms with Gasteiger partial charge in [-0.2, -0.15) is 5.26 Å². The Hall–Kier alpha value is -1.60. The maximum absolute atomic E-state index is 9.16. The van der Waals surface area contributed by atoms with Gasteiger partial charge in [-0.05, 0) is 12.0 Å². The molecule has 0 unspecified atom stereocenters. The van der Waals surface area contributed by atoms with Crippen molar-refractivity contribution < 1.29 is 5.11 Å². The van der Waals surface area contributed by atoms with Crippen molar-refractivity contribution in [2.45, 2.75) is 19.9 Å². The molecule has 80 valence electrons. The highest BCUT2D eigenvalue weighted by Crippen LogP contribution is 2.15. The molecule has 1 atom stereocenters. The molecule has 0 saturated carbocycles. The number of aliphatic hydroxyl groups is 1. The van der Waals surface area contributed by atoms with E-state index in [-0.39, 0.29) is 12.6 Å². The summed E-state index contributed by atoms with van der Waals surface area (Å²) >= 11 is 0. The molecule has 0 aromatic carbocycles. The van der Waals surface area contributed by atoms with Crippen LogP contribution < -0.4 is 5.32 Å². The van der Waals surface area contributed by atoms with E-state index in [1.165, 1.54) is 0 Å². The van der Waals surface area contributed by atoms with Gasteiger partial charge in [0, 0.05) is 6.20 Å². The third kappa shape index (κ3) is 2.93. The van der Waals surface area contributed by atoms with Crippen LogP contribution in [-0.2, 0) is 0 Å². The first-order valence-corrected chi connectivity index (χ1v) is 4.90. The van der Waals surface area contributed by atoms with Gasteiger partial charge in [-0.15, -0.1) is 0 Å². The second kappa shape index (κ2) is 5.32. The van der Waals surface area contributed by atoms with Crippen LogP contribution in [0.1, 0.15) is 19.4 Å². The summed E-state index contributed by atoms with van der Waals surface area (Å²) in [5.41, 5.74) is 1.22. The van der Waals surface area contributed by atoms with Crippen LogP contribution in [0.25, 0.3) is 0 Å². The van der Waals surface area contributed by atoms with Crippen LogP contribution >= 0.6 is 0 Å². The van der Waals surface area contributed by atoms with Gasteiger partial charge < -0.3 is 10.4 Å². The smallest absolute Gasteiger partial charge is 0.101 e. The summed E-state index contributed by atoms with van der Waals surface area (Å²) in [4.78, 5) is 3.94. The first-order chi connectivity index (χ1) is 7.19. The molecule has 0 amide bonds. The molecule has 4 nitrogen and oxygen atoms in total. The fraction of sp³-hybridized carbons (Fsp3) is 0.455. The van der Waals surface area contributed by atoms with Crippen LogP contribution in [0.15, 0.2) is 18.5 Å². The van der Waals surface area contributed by atoms with Gasteiger partial charge in [-0.3, -0.25) is 4.98 Å². The van der Waals surface area contributed by atoms with E-state index in [2.05, 4.69) is 16.4 Å². The summed E-state index contributed by atoms with van der Waals surface area (Å²) in [7, 11) is 0. The second-order valence-corrected chi connectivity index (χ2v) is 3.71. The van der Waals surface area contributed by atoms with Gasteiger partial charge in [0.1, 0.15) is 6.07 Å². The number of anilines is 1. The van der Waals surface area contributed by atoms with Crippen LogP contribution in [0.2, 0.25) is 0 Å². The monoisotopic (exact) mass is 205 g/mol. The molecule has 1 rings (SSSR count). The van der Waals surface area contributed by atoms with Crippen molar-refractivity contribution in [1.82, 2.24) is 4.98 Å². The standard InChI is InChI=1S/C11H15N3O/c1-8(2)11(7-15)14-10-6-13-4-3-9(10)5-12/h3-4,6,8,11,14-15H,7H2,1-2H3/t11-/m1/s1. The molecule has 0 bridgehead atoms. The lowest BCUT2D eigenvalue weighted by Gasteiger charge is -2.21. The van der Waals surface area contributed by atoms with Crippen LogP contribution in [0.4, 0.5) is 5.69 Å². The minimum atomic E-state index is -0.0544. The lowest BCUT2D eigenvalue weighted by atomic mass is 10.0. The molecule has 0 aliphatic rings. The molecular formula is C11H15N3O. The molecule has 0 saturated heterocycles. The highest BCUT2D eigenvalue weighted by molar-refractivity contribution is 5.55. The number of aromatic nitrogens is 1. The minimum absolute atomic E-state index is 0.0391. The molecule has 0 radical (unpaired) electrons. The van der Waals surface area contributed by atoms with Crippen molar-refractivity contribution in [3.05, 3.63) is 24.0 Å². The van der Waals surface area contributed by atoms with Gasteiger partial charge in [-0.1, -0.05) is 13.8 Å². The molecule has 1 heterocycles. The highest BCUT2D eigenvalue weighted by atomic mass is 16.3. The first-order valence-electron chi connectivity index (χ1n) is 4.90. The molecular weight excluding hydrogens is 190 g/mol. The largest absolute Gasteiger partial charge is 0.394 e. The predicted octanol–water partition coefficient (Wildman–Crippen LogP) is 1.38. The van der Waals surface area contributed by atoms with Crippen molar-refractivity contribution in [3.8, 4) is 6.07 Å². The number of hydrogen-bond donors (Lipinski definition) is 2. The Balaban J connectivity index is 2.84. The number of rotatable bonds is 4. The van der Waals surface area contributed by atoms with E-state index in [0.717, 1.165) is 0 Å². The number of pyridine rings is 1. The Kier molecular flexibility index (Phi) is 4.07. The third-order valence-corrected chi connectivity index (χ3v) is 2.28. The first kappa shape index (κ1) is 11.5. The Morgan fingerprint density at radius 1 is 1.60 bits per heavy atom. The number of nitrogens with one attached hydrogen (secondary N) is 1. The van der Waals surface area contributed by atoms with Crippen LogP contribution in [-0.4, -0.2) is 22.7 Å². The summed E-state index contributed by atoms with van der Waals surface area (Å²) in [6, 6.07) is 3.68. The average Bonchev–Trinajstić information content (AvgIpc) is 2.25. The lowest BCUT2D eigenvalue weighted by molar-refractivity contribution is 0.249. The summed E-state index contributed by atoms with van der Waals surface area (Å²) in [5.74, 6) is 0.293. The Labute approximate surface area is 89.6 Å². The molecule has 1 aromatic heterocycles. The van der Waals surface area contributed by atoms with Gasteiger partial charge in [-0.25, -0.2) is 0 Å². The Bertz CT molecular complexity index is 357. The van der Waals surface area contributed by atoms with E-state index in [4.69, 9.17) is 10.4 Å². The number of aliphatic hydroxyl groups excluding tert-OH is 1. The summed E-state index contributed by atoms with van der Waals surface area (Å²) < 4.78 is 0. The molecule has 1 aromatic rings. The molecule has 0 aliphatic heterocycles. The topological polar surface area (TPSA) is 68.9 Å². The SMILES string of the molecule is CC(C)[C@@H](CO)Nc1cnccc1C#N. The number of nitrogens with zero attached hydrogens (tertiary/aromatic N) is 2. The van der Waals surface area contributed by atoms with Crippen molar-refractivity contribution in [1.29, 1.82) is 5.26 Å². The third-order valence-electron chi connectivity index (χ3n) is 2.28.